The molecule has 0 aliphatic carbocycles. The topological polar surface area (TPSA) is 12.0 Å². The van der Waals surface area contributed by atoms with E-state index in [-0.39, 0.29) is 0 Å². The average molecular weight is 238 g/mol. The summed E-state index contributed by atoms with van der Waals surface area (Å²) < 4.78 is 0. The number of rotatable bonds is 2. The second-order valence-corrected chi connectivity index (χ2v) is 4.02. The molecule has 1 nitrogen and oxygen atoms in total. The van der Waals surface area contributed by atoms with Crippen molar-refractivity contribution >= 4 is 34.6 Å². The van der Waals surface area contributed by atoms with E-state index in [9.17, 15) is 0 Å². The molecule has 0 aromatic heterocycles. The van der Waals surface area contributed by atoms with Crippen LogP contribution in [0.5, 0.6) is 0 Å². The summed E-state index contributed by atoms with van der Waals surface area (Å²) in [7, 11) is 0. The van der Waals surface area contributed by atoms with Gasteiger partial charge in [-0.1, -0.05) is 35.3 Å². The van der Waals surface area contributed by atoms with Crippen LogP contribution in [0.15, 0.2) is 48.5 Å². The maximum atomic E-state index is 5.88. The van der Waals surface area contributed by atoms with Gasteiger partial charge in [-0.2, -0.15) is 0 Å². The van der Waals surface area contributed by atoms with Crippen molar-refractivity contribution in [1.29, 1.82) is 0 Å². The van der Waals surface area contributed by atoms with Gasteiger partial charge in [0.25, 0.3) is 0 Å². The summed E-state index contributed by atoms with van der Waals surface area (Å²) >= 11 is 11.8. The molecule has 0 aliphatic rings. The fourth-order valence-electron chi connectivity index (χ4n) is 1.30. The molecular formula is C12H9Cl2N. The number of halogens is 2. The summed E-state index contributed by atoms with van der Waals surface area (Å²) in [5.41, 5.74) is 1.90. The summed E-state index contributed by atoms with van der Waals surface area (Å²) in [4.78, 5) is 0. The normalized spacial score (nSPS) is 10.0. The van der Waals surface area contributed by atoms with Gasteiger partial charge in [-0.3, -0.25) is 0 Å². The van der Waals surface area contributed by atoms with Crippen molar-refractivity contribution in [2.24, 2.45) is 0 Å². The van der Waals surface area contributed by atoms with Crippen molar-refractivity contribution in [3.63, 3.8) is 0 Å². The molecule has 3 heteroatoms. The quantitative estimate of drug-likeness (QED) is 0.796. The molecule has 0 unspecified atom stereocenters. The predicted octanol–water partition coefficient (Wildman–Crippen LogP) is 4.74. The average Bonchev–Trinajstić information content (AvgIpc) is 2.17. The highest BCUT2D eigenvalue weighted by Gasteiger charge is 1.96. The first-order valence-electron chi connectivity index (χ1n) is 4.52. The molecule has 15 heavy (non-hydrogen) atoms. The summed E-state index contributed by atoms with van der Waals surface area (Å²) in [6.45, 7) is 0. The van der Waals surface area contributed by atoms with Crippen LogP contribution in [0.2, 0.25) is 10.0 Å². The van der Waals surface area contributed by atoms with Gasteiger partial charge in [0.1, 0.15) is 0 Å². The van der Waals surface area contributed by atoms with Crippen LogP contribution in [0.1, 0.15) is 0 Å². The maximum Gasteiger partial charge on any atom is 0.0426 e. The van der Waals surface area contributed by atoms with Crippen LogP contribution in [-0.2, 0) is 0 Å². The Morgan fingerprint density at radius 2 is 1.20 bits per heavy atom. The van der Waals surface area contributed by atoms with Crippen molar-refractivity contribution in [3.05, 3.63) is 58.6 Å². The smallest absolute Gasteiger partial charge is 0.0426 e. The van der Waals surface area contributed by atoms with E-state index in [1.54, 1.807) is 0 Å². The second-order valence-electron chi connectivity index (χ2n) is 3.15. The summed E-state index contributed by atoms with van der Waals surface area (Å²) in [6.07, 6.45) is 0. The lowest BCUT2D eigenvalue weighted by Crippen LogP contribution is -1.89. The molecule has 76 valence electrons. The highest BCUT2D eigenvalue weighted by atomic mass is 35.5. The summed E-state index contributed by atoms with van der Waals surface area (Å²) in [6, 6.07) is 15.1. The number of hydrogen-bond acceptors (Lipinski definition) is 1. The van der Waals surface area contributed by atoms with Crippen LogP contribution >= 0.6 is 23.2 Å². The third-order valence-electron chi connectivity index (χ3n) is 1.94. The lowest BCUT2D eigenvalue weighted by atomic mass is 10.3. The van der Waals surface area contributed by atoms with Crippen molar-refractivity contribution < 1.29 is 0 Å². The van der Waals surface area contributed by atoms with E-state index in [0.29, 0.717) is 10.0 Å². The van der Waals surface area contributed by atoms with Crippen LogP contribution in [0, 0.1) is 0 Å². The van der Waals surface area contributed by atoms with E-state index in [0.717, 1.165) is 11.4 Å². The number of benzene rings is 2. The molecular weight excluding hydrogens is 229 g/mol. The van der Waals surface area contributed by atoms with Crippen LogP contribution in [-0.4, -0.2) is 0 Å². The van der Waals surface area contributed by atoms with Crippen LogP contribution < -0.4 is 5.32 Å². The minimum absolute atomic E-state index is 0.710. The monoisotopic (exact) mass is 237 g/mol. The van der Waals surface area contributed by atoms with E-state index < -0.39 is 0 Å². The lowest BCUT2D eigenvalue weighted by molar-refractivity contribution is 1.55. The fourth-order valence-corrected chi connectivity index (χ4v) is 1.68. The molecule has 0 amide bonds. The molecule has 0 fully saturated rings. The first-order valence-corrected chi connectivity index (χ1v) is 5.28. The number of hydrogen-bond donors (Lipinski definition) is 1. The Labute approximate surface area is 98.6 Å². The standard InChI is InChI=1S/C12H9Cl2N/c13-9-3-1-5-11(7-9)15-12-6-2-4-10(14)8-12/h1-8,15H. The van der Waals surface area contributed by atoms with Gasteiger partial charge in [-0.25, -0.2) is 0 Å². The van der Waals surface area contributed by atoms with Crippen molar-refractivity contribution in [2.75, 3.05) is 5.32 Å². The molecule has 2 aromatic rings. The lowest BCUT2D eigenvalue weighted by Gasteiger charge is -2.06. The zero-order valence-corrected chi connectivity index (χ0v) is 9.39. The van der Waals surface area contributed by atoms with Crippen molar-refractivity contribution in [2.45, 2.75) is 0 Å². The number of anilines is 2. The van der Waals surface area contributed by atoms with Gasteiger partial charge < -0.3 is 5.32 Å². The van der Waals surface area contributed by atoms with E-state index in [4.69, 9.17) is 23.2 Å². The minimum atomic E-state index is 0.710. The highest BCUT2D eigenvalue weighted by molar-refractivity contribution is 6.31. The molecule has 2 aromatic carbocycles. The van der Waals surface area contributed by atoms with Gasteiger partial charge >= 0.3 is 0 Å². The Kier molecular flexibility index (Phi) is 3.14. The first kappa shape index (κ1) is 10.3. The highest BCUT2D eigenvalue weighted by Crippen LogP contribution is 2.22. The van der Waals surface area contributed by atoms with Crippen molar-refractivity contribution in [3.8, 4) is 0 Å². The summed E-state index contributed by atoms with van der Waals surface area (Å²) in [5.74, 6) is 0. The first-order chi connectivity index (χ1) is 7.24. The van der Waals surface area contributed by atoms with Gasteiger partial charge in [-0.05, 0) is 36.4 Å². The molecule has 0 heterocycles. The zero-order chi connectivity index (χ0) is 10.7. The van der Waals surface area contributed by atoms with Gasteiger partial charge in [-0.15, -0.1) is 0 Å². The molecule has 2 rings (SSSR count). The van der Waals surface area contributed by atoms with Gasteiger partial charge in [0.15, 0.2) is 0 Å². The van der Waals surface area contributed by atoms with E-state index in [2.05, 4.69) is 5.32 Å². The molecule has 1 N–H and O–H groups in total. The molecule has 0 aliphatic heterocycles. The molecule has 0 spiro atoms. The van der Waals surface area contributed by atoms with E-state index >= 15 is 0 Å². The third kappa shape index (κ3) is 2.88. The molecule has 0 bridgehead atoms. The third-order valence-corrected chi connectivity index (χ3v) is 2.41. The van der Waals surface area contributed by atoms with Crippen LogP contribution in [0.4, 0.5) is 11.4 Å². The van der Waals surface area contributed by atoms with Gasteiger partial charge in [0.05, 0.1) is 0 Å². The van der Waals surface area contributed by atoms with E-state index in [1.165, 1.54) is 0 Å². The zero-order valence-electron chi connectivity index (χ0n) is 7.87. The molecule has 0 saturated carbocycles. The summed E-state index contributed by atoms with van der Waals surface area (Å²) in [5, 5.41) is 4.64. The van der Waals surface area contributed by atoms with Crippen LogP contribution in [0.3, 0.4) is 0 Å². The van der Waals surface area contributed by atoms with Gasteiger partial charge in [0.2, 0.25) is 0 Å². The Bertz CT molecular complexity index is 425. The largest absolute Gasteiger partial charge is 0.355 e. The van der Waals surface area contributed by atoms with E-state index in [1.807, 2.05) is 48.5 Å². The minimum Gasteiger partial charge on any atom is -0.355 e. The molecule has 0 radical (unpaired) electrons. The molecule has 0 atom stereocenters. The maximum absolute atomic E-state index is 5.88. The van der Waals surface area contributed by atoms with Crippen LogP contribution in [0.25, 0.3) is 0 Å². The number of nitrogens with one attached hydrogen (secondary N) is 1. The second kappa shape index (κ2) is 4.56. The predicted molar refractivity (Wildman–Crippen MR) is 66.2 cm³/mol. The SMILES string of the molecule is Clc1cccc(Nc2cccc(Cl)c2)c1. The fraction of sp³-hybridized carbons (Fsp3) is 0. The Morgan fingerprint density at radius 1 is 0.733 bits per heavy atom. The Hall–Kier alpha value is -1.18. The Balaban J connectivity index is 2.22. The molecule has 0 saturated heterocycles. The van der Waals surface area contributed by atoms with Gasteiger partial charge in [0, 0.05) is 21.4 Å². The van der Waals surface area contributed by atoms with Crippen molar-refractivity contribution in [1.82, 2.24) is 0 Å². The Morgan fingerprint density at radius 3 is 1.60 bits per heavy atom.